The number of halogens is 4. The summed E-state index contributed by atoms with van der Waals surface area (Å²) in [5.74, 6) is 0.552. The number of fused-ring (bicyclic) bond motifs is 1. The second-order valence-corrected chi connectivity index (χ2v) is 6.40. The molecule has 0 saturated heterocycles. The third-order valence-corrected chi connectivity index (χ3v) is 4.32. The van der Waals surface area contributed by atoms with Crippen LogP contribution in [0.15, 0.2) is 54.9 Å². The summed E-state index contributed by atoms with van der Waals surface area (Å²) in [6.45, 7) is 1.75. The fourth-order valence-electron chi connectivity index (χ4n) is 2.90. The molecule has 4 aromatic rings. The summed E-state index contributed by atoms with van der Waals surface area (Å²) in [6, 6.07) is 11.1. The first-order valence-corrected chi connectivity index (χ1v) is 8.36. The second kappa shape index (κ2) is 6.35. The molecule has 27 heavy (non-hydrogen) atoms. The van der Waals surface area contributed by atoms with E-state index in [1.807, 2.05) is 0 Å². The Balaban J connectivity index is 2.04. The maximum absolute atomic E-state index is 13.1. The van der Waals surface area contributed by atoms with Crippen LogP contribution in [-0.4, -0.2) is 19.6 Å². The molecule has 0 amide bonds. The lowest BCUT2D eigenvalue weighted by Crippen LogP contribution is -2.06. The van der Waals surface area contributed by atoms with Gasteiger partial charge in [0.05, 0.1) is 22.3 Å². The van der Waals surface area contributed by atoms with Crippen molar-refractivity contribution in [1.82, 2.24) is 19.6 Å². The predicted octanol–water partition coefficient (Wildman–Crippen LogP) is 5.44. The maximum Gasteiger partial charge on any atom is 0.417 e. The zero-order valence-corrected chi connectivity index (χ0v) is 14.8. The van der Waals surface area contributed by atoms with Gasteiger partial charge < -0.3 is 0 Å². The lowest BCUT2D eigenvalue weighted by atomic mass is 10.0. The van der Waals surface area contributed by atoms with Gasteiger partial charge in [-0.1, -0.05) is 23.7 Å². The lowest BCUT2D eigenvalue weighted by molar-refractivity contribution is -0.137. The summed E-state index contributed by atoms with van der Waals surface area (Å²) in [5.41, 5.74) is 2.11. The molecule has 0 unspecified atom stereocenters. The maximum atomic E-state index is 13.1. The number of nitrogens with zero attached hydrogens (tertiary/aromatic N) is 4. The molecule has 3 heterocycles. The lowest BCUT2D eigenvalue weighted by Gasteiger charge is -2.07. The van der Waals surface area contributed by atoms with Crippen molar-refractivity contribution in [3.8, 4) is 22.5 Å². The van der Waals surface area contributed by atoms with Crippen LogP contribution < -0.4 is 0 Å². The van der Waals surface area contributed by atoms with E-state index in [9.17, 15) is 13.2 Å². The van der Waals surface area contributed by atoms with Crippen LogP contribution in [0.2, 0.25) is 5.02 Å². The van der Waals surface area contributed by atoms with Crippen molar-refractivity contribution < 1.29 is 13.2 Å². The van der Waals surface area contributed by atoms with Crippen molar-refractivity contribution in [1.29, 1.82) is 0 Å². The highest BCUT2D eigenvalue weighted by Gasteiger charge is 2.31. The number of hydrogen-bond acceptors (Lipinski definition) is 3. The average molecular weight is 389 g/mol. The van der Waals surface area contributed by atoms with Crippen molar-refractivity contribution >= 4 is 17.1 Å². The molecule has 0 atom stereocenters. The van der Waals surface area contributed by atoms with Gasteiger partial charge in [0.15, 0.2) is 0 Å². The highest BCUT2D eigenvalue weighted by atomic mass is 35.5. The van der Waals surface area contributed by atoms with E-state index in [4.69, 9.17) is 11.6 Å². The van der Waals surface area contributed by atoms with Gasteiger partial charge in [0, 0.05) is 23.0 Å². The van der Waals surface area contributed by atoms with Crippen LogP contribution in [0.1, 0.15) is 11.4 Å². The number of aryl methyl sites for hydroxylation is 1. The minimum atomic E-state index is -4.46. The normalized spacial score (nSPS) is 11.9. The van der Waals surface area contributed by atoms with Crippen LogP contribution in [-0.2, 0) is 6.18 Å². The van der Waals surface area contributed by atoms with E-state index in [1.54, 1.807) is 43.5 Å². The molecule has 0 saturated carbocycles. The highest BCUT2D eigenvalue weighted by molar-refractivity contribution is 6.30. The smallest absolute Gasteiger partial charge is 0.242 e. The molecule has 0 fully saturated rings. The van der Waals surface area contributed by atoms with Gasteiger partial charge in [-0.2, -0.15) is 18.3 Å². The topological polar surface area (TPSA) is 43.1 Å². The molecule has 0 N–H and O–H groups in total. The summed E-state index contributed by atoms with van der Waals surface area (Å²) >= 11 is 6.09. The van der Waals surface area contributed by atoms with Crippen LogP contribution in [0.3, 0.4) is 0 Å². The third-order valence-electron chi connectivity index (χ3n) is 4.09. The largest absolute Gasteiger partial charge is 0.417 e. The van der Waals surface area contributed by atoms with Gasteiger partial charge in [0.25, 0.3) is 0 Å². The van der Waals surface area contributed by atoms with Gasteiger partial charge in [0.1, 0.15) is 11.5 Å². The first-order chi connectivity index (χ1) is 12.8. The number of benzene rings is 1. The quantitative estimate of drug-likeness (QED) is 0.459. The molecule has 0 aliphatic carbocycles. The molecule has 0 radical (unpaired) electrons. The Bertz CT molecular complexity index is 1150. The molecular formula is C19H12ClF3N4. The first-order valence-electron chi connectivity index (χ1n) is 7.98. The second-order valence-electron chi connectivity index (χ2n) is 5.97. The fraction of sp³-hybridized carbons (Fsp3) is 0.105. The third kappa shape index (κ3) is 3.26. The van der Waals surface area contributed by atoms with Crippen LogP contribution in [0, 0.1) is 6.92 Å². The summed E-state index contributed by atoms with van der Waals surface area (Å²) in [4.78, 5) is 8.51. The SMILES string of the molecule is Cc1nccc(-c2c(-c3cccc(Cl)c3)nn3cc(C(F)(F)F)ccc23)n1. The van der Waals surface area contributed by atoms with Gasteiger partial charge in [0.2, 0.25) is 0 Å². The Morgan fingerprint density at radius 3 is 2.59 bits per heavy atom. The number of rotatable bonds is 2. The van der Waals surface area contributed by atoms with E-state index >= 15 is 0 Å². The number of aromatic nitrogens is 4. The standard InChI is InChI=1S/C19H12ClF3N4/c1-11-24-8-7-15(25-11)17-16-6-5-13(19(21,22)23)10-27(16)26-18(17)12-3-2-4-14(20)9-12/h2-10H,1H3. The Morgan fingerprint density at radius 1 is 1.07 bits per heavy atom. The molecule has 1 aromatic carbocycles. The average Bonchev–Trinajstić information content (AvgIpc) is 2.99. The van der Waals surface area contributed by atoms with Gasteiger partial charge in [-0.05, 0) is 37.3 Å². The Morgan fingerprint density at radius 2 is 1.89 bits per heavy atom. The Kier molecular flexibility index (Phi) is 4.11. The van der Waals surface area contributed by atoms with Crippen molar-refractivity contribution in [2.45, 2.75) is 13.1 Å². The van der Waals surface area contributed by atoms with Crippen molar-refractivity contribution in [2.75, 3.05) is 0 Å². The van der Waals surface area contributed by atoms with E-state index in [2.05, 4.69) is 15.1 Å². The fourth-order valence-corrected chi connectivity index (χ4v) is 3.09. The number of hydrogen-bond donors (Lipinski definition) is 0. The van der Waals surface area contributed by atoms with E-state index in [0.29, 0.717) is 38.9 Å². The van der Waals surface area contributed by atoms with Crippen LogP contribution in [0.5, 0.6) is 0 Å². The van der Waals surface area contributed by atoms with Gasteiger partial charge in [-0.3, -0.25) is 0 Å². The molecule has 0 spiro atoms. The Labute approximate surface area is 157 Å². The van der Waals surface area contributed by atoms with Crippen LogP contribution >= 0.6 is 11.6 Å². The van der Waals surface area contributed by atoms with E-state index in [1.165, 1.54) is 10.6 Å². The molecular weight excluding hydrogens is 377 g/mol. The summed E-state index contributed by atoms with van der Waals surface area (Å²) in [7, 11) is 0. The molecule has 8 heteroatoms. The van der Waals surface area contributed by atoms with Gasteiger partial charge in [-0.25, -0.2) is 14.5 Å². The van der Waals surface area contributed by atoms with Crippen LogP contribution in [0.4, 0.5) is 13.2 Å². The molecule has 0 aliphatic heterocycles. The number of pyridine rings is 1. The van der Waals surface area contributed by atoms with Crippen molar-refractivity contribution in [3.63, 3.8) is 0 Å². The summed E-state index contributed by atoms with van der Waals surface area (Å²) < 4.78 is 40.5. The molecule has 3 aromatic heterocycles. The van der Waals surface area contributed by atoms with Gasteiger partial charge in [-0.15, -0.1) is 0 Å². The molecule has 136 valence electrons. The van der Waals surface area contributed by atoms with Crippen molar-refractivity contribution in [2.24, 2.45) is 0 Å². The van der Waals surface area contributed by atoms with Gasteiger partial charge >= 0.3 is 6.18 Å². The van der Waals surface area contributed by atoms with E-state index in [-0.39, 0.29) is 0 Å². The first kappa shape index (κ1) is 17.5. The van der Waals surface area contributed by atoms with Crippen LogP contribution in [0.25, 0.3) is 28.0 Å². The minimum absolute atomic E-state index is 0.495. The Hall–Kier alpha value is -2.93. The summed E-state index contributed by atoms with van der Waals surface area (Å²) in [6.07, 6.45) is -1.88. The summed E-state index contributed by atoms with van der Waals surface area (Å²) in [5, 5.41) is 4.91. The monoisotopic (exact) mass is 388 g/mol. The van der Waals surface area contributed by atoms with E-state index in [0.717, 1.165) is 12.3 Å². The molecule has 4 nitrogen and oxygen atoms in total. The zero-order valence-electron chi connectivity index (χ0n) is 14.0. The minimum Gasteiger partial charge on any atom is -0.242 e. The van der Waals surface area contributed by atoms with E-state index < -0.39 is 11.7 Å². The highest BCUT2D eigenvalue weighted by Crippen LogP contribution is 2.37. The molecule has 0 aliphatic rings. The molecule has 0 bridgehead atoms. The zero-order chi connectivity index (χ0) is 19.2. The number of alkyl halides is 3. The predicted molar refractivity (Wildman–Crippen MR) is 96.4 cm³/mol. The van der Waals surface area contributed by atoms with Crippen molar-refractivity contribution in [3.05, 3.63) is 71.3 Å². The molecule has 4 rings (SSSR count).